The second-order valence-corrected chi connectivity index (χ2v) is 10.5. The van der Waals surface area contributed by atoms with Crippen molar-refractivity contribution >= 4 is 23.0 Å². The van der Waals surface area contributed by atoms with E-state index in [1.165, 1.54) is 21.8 Å². The van der Waals surface area contributed by atoms with Gasteiger partial charge in [0.15, 0.2) is 0 Å². The SMILES string of the molecule is CC1=NN(c2ccc(C)c(C)c2)C(=O)[C@H]1[C@@H](c1ccc([N+](=O)[O-])cc1)c1c(C)[nH]n(-c2ccc(C)c(C)c2)c1=O. The summed E-state index contributed by atoms with van der Waals surface area (Å²) in [6, 6.07) is 17.5. The molecular formula is C31H31N5O4. The first kappa shape index (κ1) is 26.8. The number of anilines is 1. The molecular weight excluding hydrogens is 506 g/mol. The van der Waals surface area contributed by atoms with Crippen LogP contribution in [0, 0.1) is 50.7 Å². The van der Waals surface area contributed by atoms with Gasteiger partial charge >= 0.3 is 0 Å². The summed E-state index contributed by atoms with van der Waals surface area (Å²) in [4.78, 5) is 39.0. The lowest BCUT2D eigenvalue weighted by molar-refractivity contribution is -0.384. The summed E-state index contributed by atoms with van der Waals surface area (Å²) in [6.45, 7) is 11.6. The Balaban J connectivity index is 1.66. The van der Waals surface area contributed by atoms with E-state index in [2.05, 4.69) is 10.2 Å². The number of non-ortho nitro benzene ring substituents is 1. The number of nitro groups is 1. The molecule has 1 amide bonds. The molecule has 0 aliphatic carbocycles. The monoisotopic (exact) mass is 537 g/mol. The molecule has 0 unspecified atom stereocenters. The van der Waals surface area contributed by atoms with Crippen molar-refractivity contribution in [1.29, 1.82) is 0 Å². The van der Waals surface area contributed by atoms with E-state index in [0.717, 1.165) is 22.3 Å². The van der Waals surface area contributed by atoms with E-state index in [4.69, 9.17) is 0 Å². The number of aryl methyl sites for hydroxylation is 5. The number of nitro benzene ring substituents is 1. The number of H-pyrrole nitrogens is 1. The molecule has 0 spiro atoms. The van der Waals surface area contributed by atoms with Gasteiger partial charge < -0.3 is 0 Å². The molecule has 9 nitrogen and oxygen atoms in total. The molecule has 1 aromatic heterocycles. The number of aromatic nitrogens is 2. The van der Waals surface area contributed by atoms with Gasteiger partial charge in [-0.25, -0.2) is 9.69 Å². The average Bonchev–Trinajstić information content (AvgIpc) is 3.38. The highest BCUT2D eigenvalue weighted by atomic mass is 16.6. The largest absolute Gasteiger partial charge is 0.295 e. The van der Waals surface area contributed by atoms with Gasteiger partial charge in [-0.2, -0.15) is 5.10 Å². The molecule has 1 N–H and O–H groups in total. The van der Waals surface area contributed by atoms with Crippen LogP contribution in [0.4, 0.5) is 11.4 Å². The van der Waals surface area contributed by atoms with Crippen LogP contribution in [0.1, 0.15) is 51.9 Å². The van der Waals surface area contributed by atoms with Gasteiger partial charge in [0.25, 0.3) is 17.2 Å². The predicted molar refractivity (Wildman–Crippen MR) is 156 cm³/mol. The van der Waals surface area contributed by atoms with Gasteiger partial charge in [-0.3, -0.25) is 24.8 Å². The Bertz CT molecular complexity index is 1750. The molecule has 0 bridgehead atoms. The van der Waals surface area contributed by atoms with Crippen LogP contribution < -0.4 is 10.6 Å². The van der Waals surface area contributed by atoms with Crippen LogP contribution in [0.15, 0.2) is 70.6 Å². The van der Waals surface area contributed by atoms with Gasteiger partial charge in [0, 0.05) is 35.0 Å². The van der Waals surface area contributed by atoms with E-state index in [-0.39, 0.29) is 17.2 Å². The highest BCUT2D eigenvalue weighted by Gasteiger charge is 2.43. The summed E-state index contributed by atoms with van der Waals surface area (Å²) in [5.41, 5.74) is 7.48. The Labute approximate surface area is 231 Å². The fraction of sp³-hybridized carbons (Fsp3) is 0.258. The number of carbonyl (C=O) groups is 1. The van der Waals surface area contributed by atoms with E-state index < -0.39 is 16.8 Å². The molecule has 3 aromatic carbocycles. The van der Waals surface area contributed by atoms with Crippen LogP contribution in [0.2, 0.25) is 0 Å². The third kappa shape index (κ3) is 4.53. The number of hydrogen-bond acceptors (Lipinski definition) is 5. The predicted octanol–water partition coefficient (Wildman–Crippen LogP) is 5.79. The van der Waals surface area contributed by atoms with Crippen molar-refractivity contribution in [2.75, 3.05) is 5.01 Å². The second kappa shape index (κ2) is 10.1. The normalized spacial score (nSPS) is 15.8. The third-order valence-corrected chi connectivity index (χ3v) is 7.89. The smallest absolute Gasteiger partial charge is 0.275 e. The number of hydrazone groups is 1. The standard InChI is InChI=1S/C31H31N5O4/c1-17-7-11-25(15-19(17)3)34-30(37)27(21(5)32-34)29(23-9-13-24(14-10-23)36(39)40)28-22(6)33-35(31(28)38)26-12-8-18(2)20(4)16-26/h7-16,27,29,33H,1-6H3/t27-,29-/m1/s1. The summed E-state index contributed by atoms with van der Waals surface area (Å²) >= 11 is 0. The second-order valence-electron chi connectivity index (χ2n) is 10.5. The highest BCUT2D eigenvalue weighted by molar-refractivity contribution is 6.15. The minimum Gasteiger partial charge on any atom is -0.295 e. The van der Waals surface area contributed by atoms with Crippen molar-refractivity contribution in [2.45, 2.75) is 47.5 Å². The van der Waals surface area contributed by atoms with E-state index in [1.54, 1.807) is 26.0 Å². The zero-order valence-electron chi connectivity index (χ0n) is 23.4. The van der Waals surface area contributed by atoms with Crippen molar-refractivity contribution in [3.05, 3.63) is 120 Å². The first-order valence-electron chi connectivity index (χ1n) is 13.1. The maximum Gasteiger partial charge on any atom is 0.275 e. The Kier molecular flexibility index (Phi) is 6.75. The molecule has 2 heterocycles. The van der Waals surface area contributed by atoms with Crippen molar-refractivity contribution in [3.8, 4) is 5.69 Å². The van der Waals surface area contributed by atoms with Gasteiger partial charge in [0.2, 0.25) is 0 Å². The van der Waals surface area contributed by atoms with Crippen LogP contribution in [0.25, 0.3) is 5.69 Å². The molecule has 0 saturated carbocycles. The number of nitrogens with zero attached hydrogens (tertiary/aromatic N) is 4. The fourth-order valence-electron chi connectivity index (χ4n) is 5.31. The van der Waals surface area contributed by atoms with E-state index >= 15 is 0 Å². The quantitative estimate of drug-likeness (QED) is 0.248. The Morgan fingerprint density at radius 1 is 0.825 bits per heavy atom. The molecule has 2 atom stereocenters. The Morgan fingerprint density at radius 3 is 1.98 bits per heavy atom. The number of rotatable bonds is 6. The zero-order chi connectivity index (χ0) is 28.9. The van der Waals surface area contributed by atoms with E-state index in [1.807, 2.05) is 64.1 Å². The molecule has 40 heavy (non-hydrogen) atoms. The molecule has 0 radical (unpaired) electrons. The van der Waals surface area contributed by atoms with Gasteiger partial charge in [0.1, 0.15) is 0 Å². The van der Waals surface area contributed by atoms with Crippen LogP contribution in [-0.2, 0) is 4.79 Å². The molecule has 1 aliphatic rings. The van der Waals surface area contributed by atoms with Crippen molar-refractivity contribution in [2.24, 2.45) is 11.0 Å². The number of amides is 1. The summed E-state index contributed by atoms with van der Waals surface area (Å²) in [6.07, 6.45) is 0. The summed E-state index contributed by atoms with van der Waals surface area (Å²) in [5.74, 6) is -1.76. The lowest BCUT2D eigenvalue weighted by atomic mass is 9.78. The maximum atomic E-state index is 14.0. The molecule has 9 heteroatoms. The first-order chi connectivity index (χ1) is 19.0. The van der Waals surface area contributed by atoms with Gasteiger partial charge in [-0.1, -0.05) is 24.3 Å². The summed E-state index contributed by atoms with van der Waals surface area (Å²) in [5, 5.41) is 20.6. The Hall–Kier alpha value is -4.79. The number of benzene rings is 3. The van der Waals surface area contributed by atoms with Crippen LogP contribution in [0.3, 0.4) is 0 Å². The fourth-order valence-corrected chi connectivity index (χ4v) is 5.31. The number of aromatic amines is 1. The molecule has 4 aromatic rings. The number of hydrogen-bond donors (Lipinski definition) is 1. The average molecular weight is 538 g/mol. The van der Waals surface area contributed by atoms with Crippen molar-refractivity contribution < 1.29 is 9.72 Å². The minimum atomic E-state index is -0.779. The lowest BCUT2D eigenvalue weighted by Gasteiger charge is -2.23. The van der Waals surface area contributed by atoms with Crippen LogP contribution >= 0.6 is 0 Å². The van der Waals surface area contributed by atoms with Crippen molar-refractivity contribution in [3.63, 3.8) is 0 Å². The molecule has 0 saturated heterocycles. The molecule has 5 rings (SSSR count). The Morgan fingerprint density at radius 2 is 1.40 bits per heavy atom. The van der Waals surface area contributed by atoms with Gasteiger partial charge in [-0.05, 0) is 93.6 Å². The van der Waals surface area contributed by atoms with E-state index in [9.17, 15) is 19.7 Å². The molecule has 1 aliphatic heterocycles. The highest BCUT2D eigenvalue weighted by Crippen LogP contribution is 2.39. The van der Waals surface area contributed by atoms with Crippen LogP contribution in [-0.4, -0.2) is 26.3 Å². The van der Waals surface area contributed by atoms with Gasteiger partial charge in [0.05, 0.1) is 22.2 Å². The summed E-state index contributed by atoms with van der Waals surface area (Å²) in [7, 11) is 0. The zero-order valence-corrected chi connectivity index (χ0v) is 23.4. The topological polar surface area (TPSA) is 114 Å². The molecule has 0 fully saturated rings. The number of carbonyl (C=O) groups excluding carboxylic acids is 1. The van der Waals surface area contributed by atoms with E-state index in [0.29, 0.717) is 33.9 Å². The van der Waals surface area contributed by atoms with Crippen molar-refractivity contribution in [1.82, 2.24) is 9.78 Å². The lowest BCUT2D eigenvalue weighted by Crippen LogP contribution is -2.34. The van der Waals surface area contributed by atoms with Crippen LogP contribution in [0.5, 0.6) is 0 Å². The molecule has 204 valence electrons. The summed E-state index contributed by atoms with van der Waals surface area (Å²) < 4.78 is 1.49. The third-order valence-electron chi connectivity index (χ3n) is 7.89. The number of nitrogens with one attached hydrogen (secondary N) is 1. The minimum absolute atomic E-state index is 0.0688. The van der Waals surface area contributed by atoms with Gasteiger partial charge in [-0.15, -0.1) is 0 Å². The first-order valence-corrected chi connectivity index (χ1v) is 13.1. The maximum absolute atomic E-state index is 14.0.